The lowest BCUT2D eigenvalue weighted by atomic mass is 10.0. The maximum atomic E-state index is 12.7. The maximum absolute atomic E-state index is 12.7. The van der Waals surface area contributed by atoms with Gasteiger partial charge in [0, 0.05) is 24.8 Å². The van der Waals surface area contributed by atoms with E-state index in [9.17, 15) is 23.1 Å². The predicted octanol–water partition coefficient (Wildman–Crippen LogP) is 3.27. The van der Waals surface area contributed by atoms with Crippen LogP contribution in [0.4, 0.5) is 19.0 Å². The van der Waals surface area contributed by atoms with Crippen molar-refractivity contribution >= 4 is 12.3 Å². The Hall–Kier alpha value is -2.92. The number of aryl methyl sites for hydroxylation is 1. The molecule has 0 saturated carbocycles. The first kappa shape index (κ1) is 26.3. The van der Waals surface area contributed by atoms with E-state index in [0.717, 1.165) is 44.0 Å². The zero-order valence-corrected chi connectivity index (χ0v) is 18.4. The molecule has 8 nitrogen and oxygen atoms in total. The predicted molar refractivity (Wildman–Crippen MR) is 117 cm³/mol. The van der Waals surface area contributed by atoms with Crippen molar-refractivity contribution in [1.29, 1.82) is 0 Å². The minimum absolute atomic E-state index is 0.169. The van der Waals surface area contributed by atoms with Crippen LogP contribution in [-0.2, 0) is 15.7 Å². The molecule has 1 atom stereocenters. The molecule has 2 aromatic rings. The number of aromatic nitrogens is 2. The number of aliphatic hydroxyl groups excluding tert-OH is 1. The summed E-state index contributed by atoms with van der Waals surface area (Å²) in [4.78, 5) is 9.48. The van der Waals surface area contributed by atoms with E-state index in [-0.39, 0.29) is 18.2 Å². The largest absolute Gasteiger partial charge is 0.507 e. The third-order valence-electron chi connectivity index (χ3n) is 4.95. The molecular weight excluding hydrogens is 441 g/mol. The summed E-state index contributed by atoms with van der Waals surface area (Å²) >= 11 is 0. The van der Waals surface area contributed by atoms with Crippen molar-refractivity contribution in [2.45, 2.75) is 44.8 Å². The molecule has 1 fully saturated rings. The smallest absolute Gasteiger partial charge is 0.416 e. The lowest BCUT2D eigenvalue weighted by Gasteiger charge is -2.24. The van der Waals surface area contributed by atoms with Gasteiger partial charge in [-0.3, -0.25) is 4.79 Å². The number of aliphatic hydroxyl groups is 1. The molecule has 0 aliphatic carbocycles. The van der Waals surface area contributed by atoms with Gasteiger partial charge in [0.05, 0.1) is 17.9 Å². The number of nitrogens with zero attached hydrogens (tertiary/aromatic N) is 2. The summed E-state index contributed by atoms with van der Waals surface area (Å²) in [5.41, 5.74) is 0.404. The summed E-state index contributed by atoms with van der Waals surface area (Å²) in [6.45, 7) is 4.65. The number of alkyl halides is 3. The molecule has 11 heteroatoms. The number of hydrogen-bond acceptors (Lipinski definition) is 8. The number of phenolic OH excluding ortho intramolecular Hbond substituents is 1. The number of halogens is 3. The Morgan fingerprint density at radius 2 is 2.06 bits per heavy atom. The van der Waals surface area contributed by atoms with E-state index in [0.29, 0.717) is 37.1 Å². The Bertz CT molecular complexity index is 890. The van der Waals surface area contributed by atoms with Crippen LogP contribution < -0.4 is 10.6 Å². The maximum Gasteiger partial charge on any atom is 0.416 e. The summed E-state index contributed by atoms with van der Waals surface area (Å²) in [5, 5.41) is 33.0. The quantitative estimate of drug-likeness (QED) is 0.343. The Labute approximate surface area is 190 Å². The second-order valence-corrected chi connectivity index (χ2v) is 7.58. The fraction of sp³-hybridized carbons (Fsp3) is 0.500. The fourth-order valence-electron chi connectivity index (χ4n) is 3.26. The molecular formula is C22H29F3N4O4. The second-order valence-electron chi connectivity index (χ2n) is 7.58. The number of nitrogens with one attached hydrogen (secondary N) is 2. The molecule has 4 N–H and O–H groups in total. The van der Waals surface area contributed by atoms with Crippen molar-refractivity contribution in [1.82, 2.24) is 15.5 Å². The van der Waals surface area contributed by atoms with Crippen molar-refractivity contribution in [3.05, 3.63) is 35.4 Å². The Balaban J connectivity index is 0.000000414. The van der Waals surface area contributed by atoms with Crippen molar-refractivity contribution in [2.24, 2.45) is 0 Å². The molecule has 33 heavy (non-hydrogen) atoms. The Morgan fingerprint density at radius 3 is 2.64 bits per heavy atom. The van der Waals surface area contributed by atoms with Crippen molar-refractivity contribution in [3.63, 3.8) is 0 Å². The van der Waals surface area contributed by atoms with Crippen LogP contribution in [-0.4, -0.2) is 59.2 Å². The number of rotatable bonds is 8. The van der Waals surface area contributed by atoms with Crippen LogP contribution in [0.5, 0.6) is 5.75 Å². The molecule has 1 saturated heterocycles. The number of benzene rings is 1. The number of hydrogen-bond donors (Lipinski definition) is 4. The Morgan fingerprint density at radius 1 is 1.27 bits per heavy atom. The van der Waals surface area contributed by atoms with Gasteiger partial charge in [0.1, 0.15) is 11.6 Å². The average Bonchev–Trinajstić information content (AvgIpc) is 2.78. The van der Waals surface area contributed by atoms with Gasteiger partial charge in [-0.15, -0.1) is 10.2 Å². The van der Waals surface area contributed by atoms with Crippen molar-refractivity contribution in [2.75, 3.05) is 31.6 Å². The van der Waals surface area contributed by atoms with E-state index >= 15 is 0 Å². The molecule has 2 heterocycles. The minimum Gasteiger partial charge on any atom is -0.507 e. The fourth-order valence-corrected chi connectivity index (χ4v) is 3.26. The number of aromatic hydroxyl groups is 1. The zero-order chi connectivity index (χ0) is 24.3. The van der Waals surface area contributed by atoms with Crippen LogP contribution in [0, 0.1) is 6.92 Å². The van der Waals surface area contributed by atoms with Gasteiger partial charge in [0.2, 0.25) is 0 Å². The molecule has 0 bridgehead atoms. The van der Waals surface area contributed by atoms with Crippen LogP contribution in [0.2, 0.25) is 0 Å². The van der Waals surface area contributed by atoms with E-state index in [2.05, 4.69) is 25.6 Å². The van der Waals surface area contributed by atoms with Crippen LogP contribution in [0.15, 0.2) is 24.3 Å². The molecule has 1 aliphatic rings. The number of unbranched alkanes of at least 4 members (excludes halogenated alkanes) is 1. The highest BCUT2D eigenvalue weighted by Gasteiger charge is 2.31. The summed E-state index contributed by atoms with van der Waals surface area (Å²) in [5.74, 6) is 0.144. The highest BCUT2D eigenvalue weighted by Crippen LogP contribution is 2.36. The highest BCUT2D eigenvalue weighted by molar-refractivity contribution is 5.70. The monoisotopic (exact) mass is 470 g/mol. The first-order valence-corrected chi connectivity index (χ1v) is 10.6. The van der Waals surface area contributed by atoms with E-state index < -0.39 is 17.5 Å². The normalized spacial score (nSPS) is 15.8. The number of phenols is 1. The molecule has 0 amide bonds. The minimum atomic E-state index is -4.50. The summed E-state index contributed by atoms with van der Waals surface area (Å²) in [6.07, 6.45) is -0.932. The van der Waals surface area contributed by atoms with Gasteiger partial charge < -0.3 is 25.6 Å². The molecule has 3 rings (SSSR count). The summed E-state index contributed by atoms with van der Waals surface area (Å²) in [7, 11) is 0. The van der Waals surface area contributed by atoms with Crippen LogP contribution >= 0.6 is 0 Å². The highest BCUT2D eigenvalue weighted by atomic mass is 19.4. The molecule has 1 aromatic heterocycles. The van der Waals surface area contributed by atoms with Gasteiger partial charge in [-0.2, -0.15) is 13.2 Å². The second kappa shape index (κ2) is 12.9. The number of carbonyl (C=O) groups is 1. The standard InChI is InChI=1S/C17H19F3N4O.C5H10O3/c1-10-7-15(22-12-3-2-6-21-9-12)23-24-16(10)13-5-4-11(8-14(13)25)17(18,19)20;6-3-1-2-4-8-5-7/h4-5,7-8,12,21,25H,2-3,6,9H2,1H3,(H,22,23);5-6H,1-4H2. The lowest BCUT2D eigenvalue weighted by molar-refractivity contribution is -0.137. The van der Waals surface area contributed by atoms with Gasteiger partial charge in [-0.1, -0.05) is 0 Å². The van der Waals surface area contributed by atoms with Crippen LogP contribution in [0.1, 0.15) is 36.8 Å². The van der Waals surface area contributed by atoms with Crippen LogP contribution in [0.3, 0.4) is 0 Å². The van der Waals surface area contributed by atoms with Gasteiger partial charge >= 0.3 is 6.18 Å². The first-order chi connectivity index (χ1) is 15.8. The number of piperidine rings is 1. The van der Waals surface area contributed by atoms with Gasteiger partial charge in [-0.25, -0.2) is 0 Å². The topological polar surface area (TPSA) is 117 Å². The third kappa shape index (κ3) is 8.50. The van der Waals surface area contributed by atoms with Crippen molar-refractivity contribution < 1.29 is 32.9 Å². The zero-order valence-electron chi connectivity index (χ0n) is 18.4. The number of ether oxygens (including phenoxy) is 1. The van der Waals surface area contributed by atoms with Gasteiger partial charge in [0.25, 0.3) is 6.47 Å². The van der Waals surface area contributed by atoms with Crippen LogP contribution in [0.25, 0.3) is 11.3 Å². The summed E-state index contributed by atoms with van der Waals surface area (Å²) < 4.78 is 42.5. The number of carbonyl (C=O) groups excluding carboxylic acids is 1. The van der Waals surface area contributed by atoms with Gasteiger partial charge in [-0.05, 0) is 69.0 Å². The molecule has 182 valence electrons. The van der Waals surface area contributed by atoms with E-state index in [1.165, 1.54) is 6.07 Å². The van der Waals surface area contributed by atoms with Crippen molar-refractivity contribution in [3.8, 4) is 17.0 Å². The molecule has 1 aliphatic heterocycles. The molecule has 0 radical (unpaired) electrons. The third-order valence-corrected chi connectivity index (χ3v) is 4.95. The molecule has 1 unspecified atom stereocenters. The molecule has 1 aromatic carbocycles. The summed E-state index contributed by atoms with van der Waals surface area (Å²) in [6, 6.07) is 4.90. The van der Waals surface area contributed by atoms with E-state index in [4.69, 9.17) is 5.11 Å². The Kier molecular flexibility index (Phi) is 10.3. The number of anilines is 1. The van der Waals surface area contributed by atoms with E-state index in [1.807, 2.05) is 0 Å². The average molecular weight is 470 g/mol. The SMILES string of the molecule is Cc1cc(NC2CCCNC2)nnc1-c1ccc(C(F)(F)F)cc1O.O=COCCCCO. The lowest BCUT2D eigenvalue weighted by Crippen LogP contribution is -2.38. The van der Waals surface area contributed by atoms with E-state index in [1.54, 1.807) is 13.0 Å². The molecule has 0 spiro atoms. The first-order valence-electron chi connectivity index (χ1n) is 10.6. The van der Waals surface area contributed by atoms with Gasteiger partial charge in [0.15, 0.2) is 0 Å².